The Balaban J connectivity index is 2.10. The number of hydrogen-bond acceptors (Lipinski definition) is 3. The first-order valence-electron chi connectivity index (χ1n) is 11.1. The number of carbonyl (C=O) groups is 2. The third kappa shape index (κ3) is 5.17. The Hall–Kier alpha value is -3.18. The van der Waals surface area contributed by atoms with E-state index < -0.39 is 0 Å². The Morgan fingerprint density at radius 3 is 1.84 bits per heavy atom. The van der Waals surface area contributed by atoms with Crippen LogP contribution >= 0.6 is 0 Å². The molecule has 0 saturated heterocycles. The molecule has 1 N–H and O–H groups in total. The second-order valence-corrected chi connectivity index (χ2v) is 8.56. The summed E-state index contributed by atoms with van der Waals surface area (Å²) in [4.78, 5) is 33.4. The van der Waals surface area contributed by atoms with E-state index in [4.69, 9.17) is 0 Å². The number of aryl methyl sites for hydroxylation is 1. The molecule has 0 spiro atoms. The highest BCUT2D eigenvalue weighted by molar-refractivity contribution is 6.02. The van der Waals surface area contributed by atoms with Gasteiger partial charge in [-0.1, -0.05) is 60.7 Å². The lowest BCUT2D eigenvalue weighted by Gasteiger charge is -2.33. The van der Waals surface area contributed by atoms with Gasteiger partial charge in [0.15, 0.2) is 5.78 Å². The molecule has 0 atom stereocenters. The summed E-state index contributed by atoms with van der Waals surface area (Å²) < 4.78 is 0. The number of Topliss-reactive ketones (excluding diaryl/α,β-unsaturated/α-hetero) is 1. The van der Waals surface area contributed by atoms with E-state index in [9.17, 15) is 9.59 Å². The Morgan fingerprint density at radius 1 is 0.875 bits per heavy atom. The second-order valence-electron chi connectivity index (χ2n) is 8.56. The predicted octanol–water partition coefficient (Wildman–Crippen LogP) is 5.02. The lowest BCUT2D eigenvalue weighted by molar-refractivity contribution is 0.0693. The van der Waals surface area contributed by atoms with Crippen LogP contribution in [0.3, 0.4) is 0 Å². The zero-order valence-corrected chi connectivity index (χ0v) is 19.7. The second kappa shape index (κ2) is 10.4. The van der Waals surface area contributed by atoms with Gasteiger partial charge in [-0.25, -0.2) is 0 Å². The minimum atomic E-state index is -0.226. The van der Waals surface area contributed by atoms with Crippen molar-refractivity contribution in [3.63, 3.8) is 0 Å². The first-order valence-corrected chi connectivity index (χ1v) is 11.1. The number of amides is 1. The summed E-state index contributed by atoms with van der Waals surface area (Å²) in [6.45, 7) is 6.72. The van der Waals surface area contributed by atoms with E-state index >= 15 is 0 Å². The molecule has 0 radical (unpaired) electrons. The van der Waals surface area contributed by atoms with Crippen LogP contribution in [0.2, 0.25) is 0 Å². The SMILES string of the molecule is CC(=O)c1c(C)[nH]c(C(=O)N(CCCN(C)C)C(c2ccccc2)c2ccccc2)c1C. The van der Waals surface area contributed by atoms with Gasteiger partial charge in [-0.05, 0) is 64.5 Å². The van der Waals surface area contributed by atoms with Crippen LogP contribution in [0.25, 0.3) is 0 Å². The minimum absolute atomic E-state index is 0.0304. The van der Waals surface area contributed by atoms with Gasteiger partial charge in [0, 0.05) is 17.8 Å². The number of benzene rings is 2. The summed E-state index contributed by atoms with van der Waals surface area (Å²) in [6, 6.07) is 20.0. The van der Waals surface area contributed by atoms with Crippen molar-refractivity contribution in [2.45, 2.75) is 33.2 Å². The number of H-pyrrole nitrogens is 1. The van der Waals surface area contributed by atoms with Crippen molar-refractivity contribution in [1.29, 1.82) is 0 Å². The number of rotatable bonds is 9. The summed E-state index contributed by atoms with van der Waals surface area (Å²) in [5.41, 5.74) is 4.68. The molecule has 5 heteroatoms. The molecule has 168 valence electrons. The molecule has 2 aromatic carbocycles. The molecule has 3 rings (SSSR count). The van der Waals surface area contributed by atoms with Gasteiger partial charge in [0.2, 0.25) is 0 Å². The third-order valence-corrected chi connectivity index (χ3v) is 5.81. The lowest BCUT2D eigenvalue weighted by atomic mass is 9.96. The topological polar surface area (TPSA) is 56.4 Å². The number of nitrogens with zero attached hydrogens (tertiary/aromatic N) is 2. The summed E-state index contributed by atoms with van der Waals surface area (Å²) in [5, 5.41) is 0. The first-order chi connectivity index (χ1) is 15.3. The lowest BCUT2D eigenvalue weighted by Crippen LogP contribution is -2.38. The molecule has 32 heavy (non-hydrogen) atoms. The van der Waals surface area contributed by atoms with Crippen molar-refractivity contribution in [3.8, 4) is 0 Å². The fourth-order valence-electron chi connectivity index (χ4n) is 4.36. The van der Waals surface area contributed by atoms with Crippen molar-refractivity contribution >= 4 is 11.7 Å². The third-order valence-electron chi connectivity index (χ3n) is 5.81. The monoisotopic (exact) mass is 431 g/mol. The van der Waals surface area contributed by atoms with Gasteiger partial charge in [-0.3, -0.25) is 9.59 Å². The van der Waals surface area contributed by atoms with E-state index in [0.29, 0.717) is 17.8 Å². The van der Waals surface area contributed by atoms with Crippen LogP contribution in [0.15, 0.2) is 60.7 Å². The maximum absolute atomic E-state index is 14.0. The number of aromatic amines is 1. The number of ketones is 1. The van der Waals surface area contributed by atoms with Crippen molar-refractivity contribution in [3.05, 3.63) is 94.3 Å². The van der Waals surface area contributed by atoms with Crippen molar-refractivity contribution in [2.75, 3.05) is 27.2 Å². The van der Waals surface area contributed by atoms with E-state index in [2.05, 4.69) is 34.1 Å². The van der Waals surface area contributed by atoms with Gasteiger partial charge < -0.3 is 14.8 Å². The molecule has 1 amide bonds. The first kappa shape index (κ1) is 23.5. The Morgan fingerprint density at radius 2 is 1.41 bits per heavy atom. The minimum Gasteiger partial charge on any atom is -0.354 e. The van der Waals surface area contributed by atoms with Crippen molar-refractivity contribution in [1.82, 2.24) is 14.8 Å². The molecule has 0 aliphatic carbocycles. The molecule has 1 aromatic heterocycles. The van der Waals surface area contributed by atoms with E-state index in [1.54, 1.807) is 6.92 Å². The van der Waals surface area contributed by atoms with Crippen molar-refractivity contribution < 1.29 is 9.59 Å². The van der Waals surface area contributed by atoms with Gasteiger partial charge in [0.05, 0.1) is 6.04 Å². The van der Waals surface area contributed by atoms with Crippen LogP contribution in [0.1, 0.15) is 62.6 Å². The quantitative estimate of drug-likeness (QED) is 0.484. The summed E-state index contributed by atoms with van der Waals surface area (Å²) in [7, 11) is 4.07. The Kier molecular flexibility index (Phi) is 7.65. The number of carbonyl (C=O) groups excluding carboxylic acids is 2. The highest BCUT2D eigenvalue weighted by Crippen LogP contribution is 2.31. The fraction of sp³-hybridized carbons (Fsp3) is 0.333. The fourth-order valence-corrected chi connectivity index (χ4v) is 4.36. The van der Waals surface area contributed by atoms with Crippen molar-refractivity contribution in [2.24, 2.45) is 0 Å². The van der Waals surface area contributed by atoms with Gasteiger partial charge in [0.25, 0.3) is 5.91 Å². The highest BCUT2D eigenvalue weighted by atomic mass is 16.2. The van der Waals surface area contributed by atoms with Crippen LogP contribution in [0.4, 0.5) is 0 Å². The average Bonchev–Trinajstić information content (AvgIpc) is 3.07. The van der Waals surface area contributed by atoms with E-state index in [-0.39, 0.29) is 17.7 Å². The molecular formula is C27H33N3O2. The molecule has 0 bridgehead atoms. The van der Waals surface area contributed by atoms with Gasteiger partial charge in [-0.15, -0.1) is 0 Å². The van der Waals surface area contributed by atoms with Crippen LogP contribution in [0.5, 0.6) is 0 Å². The molecule has 1 heterocycles. The van der Waals surface area contributed by atoms with E-state index in [0.717, 1.165) is 35.3 Å². The average molecular weight is 432 g/mol. The molecular weight excluding hydrogens is 398 g/mol. The molecule has 0 saturated carbocycles. The number of aromatic nitrogens is 1. The van der Waals surface area contributed by atoms with Gasteiger partial charge >= 0.3 is 0 Å². The van der Waals surface area contributed by atoms with Gasteiger partial charge in [0.1, 0.15) is 5.69 Å². The molecule has 0 fully saturated rings. The Bertz CT molecular complexity index is 1020. The van der Waals surface area contributed by atoms with E-state index in [1.807, 2.05) is 69.2 Å². The van der Waals surface area contributed by atoms with Crippen LogP contribution in [0, 0.1) is 13.8 Å². The normalized spacial score (nSPS) is 11.2. The zero-order valence-electron chi connectivity index (χ0n) is 19.7. The maximum Gasteiger partial charge on any atom is 0.271 e. The molecule has 0 aliphatic heterocycles. The van der Waals surface area contributed by atoms with Crippen LogP contribution < -0.4 is 0 Å². The van der Waals surface area contributed by atoms with Gasteiger partial charge in [-0.2, -0.15) is 0 Å². The smallest absolute Gasteiger partial charge is 0.271 e. The number of hydrogen-bond donors (Lipinski definition) is 1. The molecule has 5 nitrogen and oxygen atoms in total. The number of nitrogens with one attached hydrogen (secondary N) is 1. The summed E-state index contributed by atoms with van der Waals surface area (Å²) in [6.07, 6.45) is 0.840. The summed E-state index contributed by atoms with van der Waals surface area (Å²) >= 11 is 0. The predicted molar refractivity (Wildman–Crippen MR) is 129 cm³/mol. The van der Waals surface area contributed by atoms with Crippen LogP contribution in [-0.4, -0.2) is 53.7 Å². The molecule has 0 aliphatic rings. The Labute approximate surface area is 191 Å². The van der Waals surface area contributed by atoms with Crippen LogP contribution in [-0.2, 0) is 0 Å². The largest absolute Gasteiger partial charge is 0.354 e. The maximum atomic E-state index is 14.0. The van der Waals surface area contributed by atoms with E-state index in [1.165, 1.54) is 0 Å². The zero-order chi connectivity index (χ0) is 23.3. The standard InChI is InChI=1S/C27H33N3O2/c1-19-24(21(3)31)20(2)28-25(19)27(32)30(18-12-17-29(4)5)26(22-13-8-6-9-14-22)23-15-10-7-11-16-23/h6-11,13-16,26,28H,12,17-18H2,1-5H3. The molecule has 3 aromatic rings. The molecule has 0 unspecified atom stereocenters. The highest BCUT2D eigenvalue weighted by Gasteiger charge is 2.30. The summed E-state index contributed by atoms with van der Waals surface area (Å²) in [5.74, 6) is -0.119.